The second-order valence-corrected chi connectivity index (χ2v) is 7.29. The van der Waals surface area contributed by atoms with Crippen molar-refractivity contribution in [1.29, 1.82) is 0 Å². The van der Waals surface area contributed by atoms with E-state index in [4.69, 9.17) is 11.6 Å². The lowest BCUT2D eigenvalue weighted by molar-refractivity contribution is -0.123. The van der Waals surface area contributed by atoms with Gasteiger partial charge in [0.05, 0.1) is 11.4 Å². The Morgan fingerprint density at radius 3 is 2.57 bits per heavy atom. The van der Waals surface area contributed by atoms with Crippen molar-refractivity contribution >= 4 is 56.5 Å². The molecule has 116 valence electrons. The molecular weight excluding hydrogens is 398 g/mol. The molecule has 2 aromatic carbocycles. The third kappa shape index (κ3) is 3.86. The number of amides is 2. The fourth-order valence-electron chi connectivity index (χ4n) is 2.16. The zero-order chi connectivity index (χ0) is 16.4. The molecule has 3 rings (SSSR count). The minimum absolute atomic E-state index is 0.258. The zero-order valence-corrected chi connectivity index (χ0v) is 15.0. The fraction of sp³-hybridized carbons (Fsp3) is 0.0588. The number of carbonyl (C=O) groups is 2. The molecule has 0 bridgehead atoms. The molecule has 3 nitrogen and oxygen atoms in total. The van der Waals surface area contributed by atoms with E-state index in [1.54, 1.807) is 24.3 Å². The number of rotatable bonds is 3. The van der Waals surface area contributed by atoms with Crippen LogP contribution in [0.1, 0.15) is 11.1 Å². The van der Waals surface area contributed by atoms with Crippen LogP contribution in [0.4, 0.5) is 4.79 Å². The molecule has 0 unspecified atom stereocenters. The maximum Gasteiger partial charge on any atom is 0.293 e. The topological polar surface area (TPSA) is 37.4 Å². The number of hydrogen-bond donors (Lipinski definition) is 0. The molecular formula is C17H11BrClNO2S. The lowest BCUT2D eigenvalue weighted by Gasteiger charge is -2.12. The van der Waals surface area contributed by atoms with Gasteiger partial charge in [0.25, 0.3) is 11.1 Å². The summed E-state index contributed by atoms with van der Waals surface area (Å²) in [5.74, 6) is -0.275. The van der Waals surface area contributed by atoms with Crippen molar-refractivity contribution in [2.24, 2.45) is 0 Å². The SMILES string of the molecule is O=C1S/C(=C\c2cccc(Cl)c2)C(=O)N1Cc1ccc(Br)cc1. The van der Waals surface area contributed by atoms with Gasteiger partial charge in [0.1, 0.15) is 0 Å². The maximum absolute atomic E-state index is 12.5. The summed E-state index contributed by atoms with van der Waals surface area (Å²) in [4.78, 5) is 26.2. The molecule has 1 aliphatic heterocycles. The van der Waals surface area contributed by atoms with Crippen molar-refractivity contribution in [1.82, 2.24) is 4.90 Å². The monoisotopic (exact) mass is 407 g/mol. The van der Waals surface area contributed by atoms with E-state index in [2.05, 4.69) is 15.9 Å². The Bertz CT molecular complexity index is 804. The average Bonchev–Trinajstić information content (AvgIpc) is 2.77. The number of halogens is 2. The highest BCUT2D eigenvalue weighted by Gasteiger charge is 2.34. The van der Waals surface area contributed by atoms with Crippen LogP contribution in [0.5, 0.6) is 0 Å². The van der Waals surface area contributed by atoms with Crippen molar-refractivity contribution in [3.8, 4) is 0 Å². The minimum atomic E-state index is -0.275. The van der Waals surface area contributed by atoms with Crippen LogP contribution in [0.15, 0.2) is 57.9 Å². The Labute approximate surface area is 151 Å². The predicted octanol–water partition coefficient (Wildman–Crippen LogP) is 5.34. The first-order valence-electron chi connectivity index (χ1n) is 6.78. The normalized spacial score (nSPS) is 16.4. The van der Waals surface area contributed by atoms with Gasteiger partial charge in [-0.1, -0.05) is 51.8 Å². The number of imide groups is 1. The lowest BCUT2D eigenvalue weighted by atomic mass is 10.2. The van der Waals surface area contributed by atoms with Crippen molar-refractivity contribution in [2.75, 3.05) is 0 Å². The second kappa shape index (κ2) is 6.91. The van der Waals surface area contributed by atoms with Crippen LogP contribution < -0.4 is 0 Å². The Morgan fingerprint density at radius 2 is 1.87 bits per heavy atom. The Balaban J connectivity index is 1.81. The molecule has 1 aliphatic rings. The summed E-state index contributed by atoms with van der Waals surface area (Å²) in [5, 5.41) is 0.332. The molecule has 1 fully saturated rings. The maximum atomic E-state index is 12.5. The summed E-state index contributed by atoms with van der Waals surface area (Å²) in [5.41, 5.74) is 1.70. The summed E-state index contributed by atoms with van der Waals surface area (Å²) in [7, 11) is 0. The van der Waals surface area contributed by atoms with E-state index in [0.717, 1.165) is 27.4 Å². The summed E-state index contributed by atoms with van der Waals surface area (Å²) in [6.07, 6.45) is 1.69. The van der Waals surface area contributed by atoms with E-state index < -0.39 is 0 Å². The summed E-state index contributed by atoms with van der Waals surface area (Å²) in [6.45, 7) is 0.269. The highest BCUT2D eigenvalue weighted by Crippen LogP contribution is 2.33. The highest BCUT2D eigenvalue weighted by atomic mass is 79.9. The molecule has 2 amide bonds. The Hall–Kier alpha value is -1.56. The van der Waals surface area contributed by atoms with Gasteiger partial charge in [-0.15, -0.1) is 0 Å². The predicted molar refractivity (Wildman–Crippen MR) is 97.1 cm³/mol. The van der Waals surface area contributed by atoms with Gasteiger partial charge >= 0.3 is 0 Å². The van der Waals surface area contributed by atoms with Gasteiger partial charge in [-0.3, -0.25) is 14.5 Å². The van der Waals surface area contributed by atoms with E-state index in [1.165, 1.54) is 4.90 Å². The van der Waals surface area contributed by atoms with E-state index in [-0.39, 0.29) is 17.7 Å². The van der Waals surface area contributed by atoms with Crippen LogP contribution in [0.2, 0.25) is 5.02 Å². The van der Waals surface area contributed by atoms with E-state index in [9.17, 15) is 9.59 Å². The largest absolute Gasteiger partial charge is 0.293 e. The van der Waals surface area contributed by atoms with Gasteiger partial charge in [-0.05, 0) is 53.2 Å². The molecule has 0 atom stereocenters. The van der Waals surface area contributed by atoms with Gasteiger partial charge in [0.15, 0.2) is 0 Å². The standard InChI is InChI=1S/C17H11BrClNO2S/c18-13-6-4-11(5-7-13)10-20-16(21)15(23-17(20)22)9-12-2-1-3-14(19)8-12/h1-9H,10H2/b15-9-. The number of nitrogens with zero attached hydrogens (tertiary/aromatic N) is 1. The van der Waals surface area contributed by atoms with Crippen LogP contribution in [0.3, 0.4) is 0 Å². The van der Waals surface area contributed by atoms with Gasteiger partial charge in [-0.2, -0.15) is 0 Å². The molecule has 1 heterocycles. The Kier molecular flexibility index (Phi) is 4.90. The van der Waals surface area contributed by atoms with Crippen LogP contribution in [0.25, 0.3) is 6.08 Å². The first-order valence-corrected chi connectivity index (χ1v) is 8.77. The average molecular weight is 409 g/mol. The molecule has 6 heteroatoms. The zero-order valence-electron chi connectivity index (χ0n) is 11.8. The fourth-order valence-corrected chi connectivity index (χ4v) is 3.46. The lowest BCUT2D eigenvalue weighted by Crippen LogP contribution is -2.27. The first kappa shape index (κ1) is 16.3. The molecule has 23 heavy (non-hydrogen) atoms. The van der Waals surface area contributed by atoms with Crippen LogP contribution >= 0.6 is 39.3 Å². The second-order valence-electron chi connectivity index (χ2n) is 4.95. The van der Waals surface area contributed by atoms with Crippen molar-refractivity contribution in [3.63, 3.8) is 0 Å². The molecule has 0 N–H and O–H groups in total. The molecule has 0 aliphatic carbocycles. The third-order valence-corrected chi connectivity index (χ3v) is 4.95. The van der Waals surface area contributed by atoms with Gasteiger partial charge in [-0.25, -0.2) is 0 Å². The van der Waals surface area contributed by atoms with E-state index in [1.807, 2.05) is 30.3 Å². The minimum Gasteiger partial charge on any atom is -0.268 e. The van der Waals surface area contributed by atoms with Crippen molar-refractivity contribution in [3.05, 3.63) is 74.1 Å². The number of benzene rings is 2. The van der Waals surface area contributed by atoms with Gasteiger partial charge in [0.2, 0.25) is 0 Å². The molecule has 1 saturated heterocycles. The summed E-state index contributed by atoms with van der Waals surface area (Å²) in [6, 6.07) is 14.7. The molecule has 0 radical (unpaired) electrons. The molecule has 2 aromatic rings. The van der Waals surface area contributed by atoms with Crippen molar-refractivity contribution in [2.45, 2.75) is 6.54 Å². The number of carbonyl (C=O) groups excluding carboxylic acids is 2. The smallest absolute Gasteiger partial charge is 0.268 e. The third-order valence-electron chi connectivity index (χ3n) is 3.27. The quantitative estimate of drug-likeness (QED) is 0.643. The Morgan fingerprint density at radius 1 is 1.13 bits per heavy atom. The van der Waals surface area contributed by atoms with Crippen LogP contribution in [-0.4, -0.2) is 16.0 Å². The highest BCUT2D eigenvalue weighted by molar-refractivity contribution is 9.10. The van der Waals surface area contributed by atoms with E-state index in [0.29, 0.717) is 9.93 Å². The van der Waals surface area contributed by atoms with Crippen molar-refractivity contribution < 1.29 is 9.59 Å². The summed E-state index contributed by atoms with van der Waals surface area (Å²) < 4.78 is 0.955. The van der Waals surface area contributed by atoms with Crippen LogP contribution in [-0.2, 0) is 11.3 Å². The summed E-state index contributed by atoms with van der Waals surface area (Å²) >= 11 is 10.3. The van der Waals surface area contributed by atoms with Gasteiger partial charge in [0, 0.05) is 9.50 Å². The molecule has 0 saturated carbocycles. The molecule has 0 aromatic heterocycles. The van der Waals surface area contributed by atoms with Gasteiger partial charge < -0.3 is 0 Å². The van der Waals surface area contributed by atoms with Crippen LogP contribution in [0, 0.1) is 0 Å². The number of hydrogen-bond acceptors (Lipinski definition) is 3. The first-order chi connectivity index (χ1) is 11.0. The molecule has 0 spiro atoms. The van der Waals surface area contributed by atoms with E-state index >= 15 is 0 Å². The number of thioether (sulfide) groups is 1.